The molecule has 0 atom stereocenters. The van der Waals surface area contributed by atoms with Gasteiger partial charge in [-0.3, -0.25) is 0 Å². The van der Waals surface area contributed by atoms with Crippen molar-refractivity contribution in [2.45, 2.75) is 26.2 Å². The Balaban J connectivity index is 2.08. The third-order valence-electron chi connectivity index (χ3n) is 3.71. The first-order chi connectivity index (χ1) is 9.95. The largest absolute Gasteiger partial charge is 0.248 e. The molecule has 3 aromatic rings. The highest BCUT2D eigenvalue weighted by molar-refractivity contribution is 6.35. The molecular weight excluding hydrogens is 278 g/mol. The quantitative estimate of drug-likeness (QED) is 0.548. The van der Waals surface area contributed by atoms with Gasteiger partial charge in [0.05, 0.1) is 16.2 Å². The van der Waals surface area contributed by atoms with Gasteiger partial charge in [0.2, 0.25) is 0 Å². The monoisotopic (exact) mass is 295 g/mol. The summed E-state index contributed by atoms with van der Waals surface area (Å²) in [5.41, 5.74) is 4.42. The molecule has 0 fully saturated rings. The second-order valence-corrected chi connectivity index (χ2v) is 6.74. The molecule has 0 spiro atoms. The molecular formula is C19H18ClN. The van der Waals surface area contributed by atoms with E-state index in [9.17, 15) is 0 Å². The first-order valence-electron chi connectivity index (χ1n) is 7.11. The molecule has 3 rings (SSSR count). The summed E-state index contributed by atoms with van der Waals surface area (Å²) in [6.07, 6.45) is 0. The van der Waals surface area contributed by atoms with Crippen molar-refractivity contribution in [3.63, 3.8) is 0 Å². The number of aromatic nitrogens is 1. The van der Waals surface area contributed by atoms with E-state index in [1.54, 1.807) is 0 Å². The van der Waals surface area contributed by atoms with Gasteiger partial charge in [-0.15, -0.1) is 0 Å². The van der Waals surface area contributed by atoms with E-state index < -0.39 is 0 Å². The number of fused-ring (bicyclic) bond motifs is 1. The molecule has 1 nitrogen and oxygen atoms in total. The lowest BCUT2D eigenvalue weighted by Gasteiger charge is -2.19. The van der Waals surface area contributed by atoms with Crippen LogP contribution in [0, 0.1) is 0 Å². The molecule has 0 unspecified atom stereocenters. The predicted octanol–water partition coefficient (Wildman–Crippen LogP) is 5.85. The van der Waals surface area contributed by atoms with Crippen LogP contribution in [-0.4, -0.2) is 4.98 Å². The Morgan fingerprint density at radius 1 is 0.905 bits per heavy atom. The lowest BCUT2D eigenvalue weighted by molar-refractivity contribution is 0.590. The fourth-order valence-electron chi connectivity index (χ4n) is 2.42. The van der Waals surface area contributed by atoms with E-state index in [0.717, 1.165) is 27.2 Å². The normalized spacial score (nSPS) is 11.8. The molecule has 0 saturated heterocycles. The van der Waals surface area contributed by atoms with Crippen molar-refractivity contribution >= 4 is 22.5 Å². The topological polar surface area (TPSA) is 12.9 Å². The SMILES string of the molecule is CC(C)(C)c1ccc(-c2cc(Cl)c3ccccc3n2)cc1. The molecule has 2 heteroatoms. The van der Waals surface area contributed by atoms with E-state index in [-0.39, 0.29) is 5.41 Å². The molecule has 0 aliphatic carbocycles. The highest BCUT2D eigenvalue weighted by Gasteiger charge is 2.13. The van der Waals surface area contributed by atoms with Gasteiger partial charge in [0.25, 0.3) is 0 Å². The van der Waals surface area contributed by atoms with Crippen molar-refractivity contribution in [2.24, 2.45) is 0 Å². The Morgan fingerprint density at radius 3 is 2.24 bits per heavy atom. The lowest BCUT2D eigenvalue weighted by atomic mass is 9.86. The van der Waals surface area contributed by atoms with Crippen LogP contribution in [0.15, 0.2) is 54.6 Å². The zero-order valence-corrected chi connectivity index (χ0v) is 13.3. The average Bonchev–Trinajstić information content (AvgIpc) is 2.46. The molecule has 0 amide bonds. The van der Waals surface area contributed by atoms with E-state index >= 15 is 0 Å². The average molecular weight is 296 g/mol. The summed E-state index contributed by atoms with van der Waals surface area (Å²) in [6.45, 7) is 6.65. The van der Waals surface area contributed by atoms with Crippen LogP contribution >= 0.6 is 11.6 Å². The molecule has 2 aromatic carbocycles. The number of hydrogen-bond donors (Lipinski definition) is 0. The number of para-hydroxylation sites is 1. The Morgan fingerprint density at radius 2 is 1.57 bits per heavy atom. The Hall–Kier alpha value is -1.86. The van der Waals surface area contributed by atoms with Gasteiger partial charge in [-0.25, -0.2) is 4.98 Å². The molecule has 0 aliphatic heterocycles. The van der Waals surface area contributed by atoms with Gasteiger partial charge in [-0.05, 0) is 23.1 Å². The van der Waals surface area contributed by atoms with Crippen LogP contribution < -0.4 is 0 Å². The van der Waals surface area contributed by atoms with Crippen molar-refractivity contribution in [2.75, 3.05) is 0 Å². The Labute approximate surface area is 130 Å². The maximum atomic E-state index is 6.38. The Bertz CT molecular complexity index is 783. The van der Waals surface area contributed by atoms with Crippen LogP contribution in [0.5, 0.6) is 0 Å². The number of pyridine rings is 1. The predicted molar refractivity (Wildman–Crippen MR) is 90.9 cm³/mol. The van der Waals surface area contributed by atoms with Gasteiger partial charge in [-0.1, -0.05) is 74.8 Å². The van der Waals surface area contributed by atoms with Gasteiger partial charge in [0, 0.05) is 10.9 Å². The van der Waals surface area contributed by atoms with Crippen LogP contribution in [-0.2, 0) is 5.41 Å². The fraction of sp³-hybridized carbons (Fsp3) is 0.211. The number of benzene rings is 2. The van der Waals surface area contributed by atoms with E-state index in [1.807, 2.05) is 30.3 Å². The minimum absolute atomic E-state index is 0.160. The van der Waals surface area contributed by atoms with Crippen LogP contribution in [0.3, 0.4) is 0 Å². The molecule has 0 radical (unpaired) electrons. The number of halogens is 1. The molecule has 1 heterocycles. The van der Waals surface area contributed by atoms with E-state index in [4.69, 9.17) is 16.6 Å². The zero-order valence-electron chi connectivity index (χ0n) is 12.5. The van der Waals surface area contributed by atoms with Crippen LogP contribution in [0.25, 0.3) is 22.2 Å². The summed E-state index contributed by atoms with van der Waals surface area (Å²) in [4.78, 5) is 4.71. The second kappa shape index (κ2) is 5.16. The second-order valence-electron chi connectivity index (χ2n) is 6.33. The zero-order chi connectivity index (χ0) is 15.0. The molecule has 21 heavy (non-hydrogen) atoms. The van der Waals surface area contributed by atoms with Crippen LogP contribution in [0.2, 0.25) is 5.02 Å². The van der Waals surface area contributed by atoms with E-state index in [2.05, 4.69) is 45.0 Å². The smallest absolute Gasteiger partial charge is 0.0724 e. The summed E-state index contributed by atoms with van der Waals surface area (Å²) < 4.78 is 0. The van der Waals surface area contributed by atoms with Crippen molar-refractivity contribution < 1.29 is 0 Å². The minimum atomic E-state index is 0.160. The van der Waals surface area contributed by atoms with Crippen LogP contribution in [0.4, 0.5) is 0 Å². The van der Waals surface area contributed by atoms with Crippen molar-refractivity contribution in [1.29, 1.82) is 0 Å². The van der Waals surface area contributed by atoms with E-state index in [0.29, 0.717) is 0 Å². The first-order valence-corrected chi connectivity index (χ1v) is 7.49. The number of nitrogens with zero attached hydrogens (tertiary/aromatic N) is 1. The molecule has 0 saturated carbocycles. The highest BCUT2D eigenvalue weighted by atomic mass is 35.5. The molecule has 106 valence electrons. The maximum absolute atomic E-state index is 6.38. The molecule has 0 bridgehead atoms. The van der Waals surface area contributed by atoms with Crippen molar-refractivity contribution in [3.8, 4) is 11.3 Å². The standard InChI is InChI=1S/C19H18ClN/c1-19(2,3)14-10-8-13(9-11-14)18-12-16(20)15-6-4-5-7-17(15)21-18/h4-12H,1-3H3. The molecule has 1 aromatic heterocycles. The van der Waals surface area contributed by atoms with Gasteiger partial charge >= 0.3 is 0 Å². The summed E-state index contributed by atoms with van der Waals surface area (Å²) in [5, 5.41) is 1.74. The molecule has 0 aliphatic rings. The maximum Gasteiger partial charge on any atom is 0.0724 e. The fourth-order valence-corrected chi connectivity index (χ4v) is 2.68. The number of rotatable bonds is 1. The third-order valence-corrected chi connectivity index (χ3v) is 4.03. The first kappa shape index (κ1) is 14.1. The summed E-state index contributed by atoms with van der Waals surface area (Å²) >= 11 is 6.38. The highest BCUT2D eigenvalue weighted by Crippen LogP contribution is 2.29. The van der Waals surface area contributed by atoms with Gasteiger partial charge in [0.15, 0.2) is 0 Å². The van der Waals surface area contributed by atoms with E-state index in [1.165, 1.54) is 5.56 Å². The molecule has 0 N–H and O–H groups in total. The Kier molecular flexibility index (Phi) is 3.46. The summed E-state index contributed by atoms with van der Waals surface area (Å²) in [7, 11) is 0. The lowest BCUT2D eigenvalue weighted by Crippen LogP contribution is -2.10. The van der Waals surface area contributed by atoms with Gasteiger partial charge in [0.1, 0.15) is 0 Å². The van der Waals surface area contributed by atoms with Gasteiger partial charge in [-0.2, -0.15) is 0 Å². The number of hydrogen-bond acceptors (Lipinski definition) is 1. The van der Waals surface area contributed by atoms with Crippen molar-refractivity contribution in [3.05, 3.63) is 65.2 Å². The third kappa shape index (κ3) is 2.79. The van der Waals surface area contributed by atoms with Crippen molar-refractivity contribution in [1.82, 2.24) is 4.98 Å². The van der Waals surface area contributed by atoms with Crippen LogP contribution in [0.1, 0.15) is 26.3 Å². The van der Waals surface area contributed by atoms with Gasteiger partial charge < -0.3 is 0 Å². The minimum Gasteiger partial charge on any atom is -0.248 e. The summed E-state index contributed by atoms with van der Waals surface area (Å²) in [5.74, 6) is 0. The summed E-state index contributed by atoms with van der Waals surface area (Å²) in [6, 6.07) is 18.5.